The smallest absolute Gasteiger partial charge is 0.166 e. The third-order valence-electron chi connectivity index (χ3n) is 3.17. The summed E-state index contributed by atoms with van der Waals surface area (Å²) in [6, 6.07) is 15.3. The molecule has 0 spiro atoms. The Bertz CT molecular complexity index is 637. The molecule has 0 unspecified atom stereocenters. The van der Waals surface area contributed by atoms with Gasteiger partial charge >= 0.3 is 6.18 Å². The van der Waals surface area contributed by atoms with Gasteiger partial charge in [-0.1, -0.05) is 54.6 Å². The molecule has 0 N–H and O–H groups in total. The van der Waals surface area contributed by atoms with Crippen LogP contribution >= 0.6 is 0 Å². The van der Waals surface area contributed by atoms with Crippen molar-refractivity contribution < 1.29 is 13.2 Å². The van der Waals surface area contributed by atoms with Crippen molar-refractivity contribution in [1.29, 1.82) is 0 Å². The fourth-order valence-electron chi connectivity index (χ4n) is 2.37. The van der Waals surface area contributed by atoms with Crippen molar-refractivity contribution in [1.82, 2.24) is 0 Å². The van der Waals surface area contributed by atoms with Crippen molar-refractivity contribution in [3.63, 3.8) is 0 Å². The third kappa shape index (κ3) is 2.05. The van der Waals surface area contributed by atoms with Crippen LogP contribution in [0.15, 0.2) is 54.6 Å². The molecule has 0 aromatic heterocycles. The summed E-state index contributed by atoms with van der Waals surface area (Å²) in [6.07, 6.45) is -2.75. The van der Waals surface area contributed by atoms with Gasteiger partial charge in [0, 0.05) is 6.42 Å². The number of benzene rings is 2. The lowest BCUT2D eigenvalue weighted by Gasteiger charge is -2.12. The molecular weight excluding hydrogens is 249 g/mol. The molecule has 0 saturated heterocycles. The molecule has 0 fully saturated rings. The lowest BCUT2D eigenvalue weighted by molar-refractivity contribution is -0.0683. The predicted molar refractivity (Wildman–Crippen MR) is 69.2 cm³/mol. The Morgan fingerprint density at radius 2 is 1.37 bits per heavy atom. The molecule has 0 saturated carbocycles. The van der Waals surface area contributed by atoms with Gasteiger partial charge in [0.2, 0.25) is 0 Å². The molecule has 1 aliphatic rings. The van der Waals surface area contributed by atoms with E-state index >= 15 is 0 Å². The Hall–Kier alpha value is -2.03. The van der Waals surface area contributed by atoms with E-state index < -0.39 is 11.7 Å². The molecule has 2 aromatic carbocycles. The summed E-state index contributed by atoms with van der Waals surface area (Å²) >= 11 is 0. The minimum Gasteiger partial charge on any atom is -0.166 e. The second-order valence-electron chi connectivity index (χ2n) is 4.38. The highest BCUT2D eigenvalue weighted by Gasteiger charge is 2.41. The number of rotatable bonds is 1. The highest BCUT2D eigenvalue weighted by molar-refractivity contribution is 6.03. The molecule has 0 aliphatic heterocycles. The molecule has 1 aliphatic carbocycles. The highest BCUT2D eigenvalue weighted by atomic mass is 19.4. The lowest BCUT2D eigenvalue weighted by atomic mass is 10.00. The Morgan fingerprint density at radius 1 is 0.737 bits per heavy atom. The molecule has 1 radical (unpaired) electrons. The summed E-state index contributed by atoms with van der Waals surface area (Å²) in [5, 5.41) is 0. The van der Waals surface area contributed by atoms with E-state index in [1.54, 1.807) is 55.0 Å². The van der Waals surface area contributed by atoms with Crippen LogP contribution in [-0.4, -0.2) is 6.18 Å². The molecule has 0 heterocycles. The first kappa shape index (κ1) is 12.0. The first-order valence-corrected chi connectivity index (χ1v) is 5.88. The average Bonchev–Trinajstić information content (AvgIpc) is 2.79. The van der Waals surface area contributed by atoms with E-state index in [4.69, 9.17) is 0 Å². The molecule has 95 valence electrons. The van der Waals surface area contributed by atoms with E-state index in [-0.39, 0.29) is 11.1 Å². The van der Waals surface area contributed by atoms with Crippen molar-refractivity contribution >= 4 is 11.1 Å². The van der Waals surface area contributed by atoms with Gasteiger partial charge in [0.1, 0.15) is 0 Å². The number of alkyl halides is 3. The summed E-state index contributed by atoms with van der Waals surface area (Å²) in [6.45, 7) is 0. The normalized spacial score (nSPS) is 14.7. The van der Waals surface area contributed by atoms with Gasteiger partial charge in [-0.15, -0.1) is 0 Å². The van der Waals surface area contributed by atoms with Crippen LogP contribution in [0.1, 0.15) is 16.7 Å². The largest absolute Gasteiger partial charge is 0.417 e. The minimum absolute atomic E-state index is 0.245. The minimum atomic E-state index is -4.35. The topological polar surface area (TPSA) is 0 Å². The number of fused-ring (bicyclic) bond motifs is 1. The lowest BCUT2D eigenvalue weighted by Crippen LogP contribution is -2.10. The fourth-order valence-corrected chi connectivity index (χ4v) is 2.37. The van der Waals surface area contributed by atoms with Gasteiger partial charge in [0.05, 0.1) is 5.57 Å². The SMILES string of the molecule is FC(F)(F)C1=C(c2ccccc2)[CH]c2ccccc21. The van der Waals surface area contributed by atoms with Crippen LogP contribution in [0.2, 0.25) is 0 Å². The van der Waals surface area contributed by atoms with Crippen LogP contribution in [0.3, 0.4) is 0 Å². The first-order valence-electron chi connectivity index (χ1n) is 5.88. The van der Waals surface area contributed by atoms with Gasteiger partial charge in [-0.3, -0.25) is 0 Å². The van der Waals surface area contributed by atoms with Crippen LogP contribution in [0.4, 0.5) is 13.2 Å². The van der Waals surface area contributed by atoms with E-state index in [1.165, 1.54) is 6.07 Å². The molecular formula is C16H10F3. The highest BCUT2D eigenvalue weighted by Crippen LogP contribution is 2.47. The Morgan fingerprint density at radius 3 is 2.05 bits per heavy atom. The number of allylic oxidation sites excluding steroid dienone is 2. The van der Waals surface area contributed by atoms with Crippen LogP contribution in [0.25, 0.3) is 11.1 Å². The molecule has 2 aromatic rings. The maximum Gasteiger partial charge on any atom is 0.417 e. The van der Waals surface area contributed by atoms with Gasteiger partial charge in [-0.25, -0.2) is 0 Å². The molecule has 0 atom stereocenters. The molecule has 0 nitrogen and oxygen atoms in total. The second-order valence-corrected chi connectivity index (χ2v) is 4.38. The first-order chi connectivity index (χ1) is 9.07. The van der Waals surface area contributed by atoms with E-state index in [2.05, 4.69) is 0 Å². The van der Waals surface area contributed by atoms with Gasteiger partial charge in [0.25, 0.3) is 0 Å². The van der Waals surface area contributed by atoms with Crippen molar-refractivity contribution in [3.8, 4) is 0 Å². The van der Waals surface area contributed by atoms with Crippen LogP contribution in [0, 0.1) is 6.42 Å². The van der Waals surface area contributed by atoms with Crippen molar-refractivity contribution in [2.45, 2.75) is 6.18 Å². The third-order valence-corrected chi connectivity index (χ3v) is 3.17. The van der Waals surface area contributed by atoms with Crippen LogP contribution < -0.4 is 0 Å². The van der Waals surface area contributed by atoms with Gasteiger partial charge in [-0.2, -0.15) is 13.2 Å². The number of halogens is 3. The Kier molecular flexibility index (Phi) is 2.70. The van der Waals surface area contributed by atoms with Crippen LogP contribution in [-0.2, 0) is 0 Å². The average molecular weight is 259 g/mol. The molecule has 19 heavy (non-hydrogen) atoms. The Labute approximate surface area is 109 Å². The molecule has 3 heteroatoms. The molecule has 3 rings (SSSR count). The quantitative estimate of drug-likeness (QED) is 0.694. The zero-order valence-corrected chi connectivity index (χ0v) is 9.91. The van der Waals surface area contributed by atoms with Crippen molar-refractivity contribution in [2.75, 3.05) is 0 Å². The zero-order chi connectivity index (χ0) is 13.5. The maximum absolute atomic E-state index is 13.3. The Balaban J connectivity index is 2.22. The summed E-state index contributed by atoms with van der Waals surface area (Å²) in [5.41, 5.74) is 1.16. The summed E-state index contributed by atoms with van der Waals surface area (Å²) in [5.74, 6) is 0. The monoisotopic (exact) mass is 259 g/mol. The van der Waals surface area contributed by atoms with Crippen molar-refractivity contribution in [3.05, 3.63) is 77.7 Å². The summed E-state index contributed by atoms with van der Waals surface area (Å²) in [4.78, 5) is 0. The fraction of sp³-hybridized carbons (Fsp3) is 0.0625. The number of hydrogen-bond donors (Lipinski definition) is 0. The molecule has 0 bridgehead atoms. The van der Waals surface area contributed by atoms with E-state index in [9.17, 15) is 13.2 Å². The van der Waals surface area contributed by atoms with E-state index in [0.29, 0.717) is 11.1 Å². The van der Waals surface area contributed by atoms with Gasteiger partial charge in [-0.05, 0) is 22.3 Å². The summed E-state index contributed by atoms with van der Waals surface area (Å²) < 4.78 is 39.9. The van der Waals surface area contributed by atoms with Crippen molar-refractivity contribution in [2.24, 2.45) is 0 Å². The van der Waals surface area contributed by atoms with E-state index in [0.717, 1.165) is 0 Å². The maximum atomic E-state index is 13.3. The summed E-state index contributed by atoms with van der Waals surface area (Å²) in [7, 11) is 0. The zero-order valence-electron chi connectivity index (χ0n) is 9.91. The second kappa shape index (κ2) is 4.26. The van der Waals surface area contributed by atoms with E-state index in [1.807, 2.05) is 0 Å². The standard InChI is InChI=1S/C16H10F3/c17-16(18,19)15-13-9-5-4-8-12(13)10-14(15)11-6-2-1-3-7-11/h1-10H. The molecule has 0 amide bonds. The van der Waals surface area contributed by atoms with Crippen LogP contribution in [0.5, 0.6) is 0 Å². The number of hydrogen-bond acceptors (Lipinski definition) is 0. The van der Waals surface area contributed by atoms with Gasteiger partial charge in [0.15, 0.2) is 0 Å². The van der Waals surface area contributed by atoms with Gasteiger partial charge < -0.3 is 0 Å². The predicted octanol–water partition coefficient (Wildman–Crippen LogP) is 4.73.